The molecule has 0 atom stereocenters. The summed E-state index contributed by atoms with van der Waals surface area (Å²) in [6.45, 7) is 4.03. The molecular formula is C24H29N3O3. The first kappa shape index (κ1) is 20.3. The van der Waals surface area contributed by atoms with Crippen LogP contribution in [0.4, 0.5) is 11.4 Å². The lowest BCUT2D eigenvalue weighted by molar-refractivity contribution is -0.119. The van der Waals surface area contributed by atoms with Gasteiger partial charge in [0, 0.05) is 43.9 Å². The normalized spacial score (nSPS) is 16.9. The quantitative estimate of drug-likeness (QED) is 0.821. The molecule has 2 amide bonds. The monoisotopic (exact) mass is 407 g/mol. The number of likely N-dealkylation sites (tertiary alicyclic amines) is 1. The van der Waals surface area contributed by atoms with Crippen LogP contribution in [0.15, 0.2) is 42.5 Å². The largest absolute Gasteiger partial charge is 0.497 e. The Hall–Kier alpha value is -3.02. The van der Waals surface area contributed by atoms with Crippen LogP contribution in [0.25, 0.3) is 0 Å². The summed E-state index contributed by atoms with van der Waals surface area (Å²) in [4.78, 5) is 29.8. The third-order valence-corrected chi connectivity index (χ3v) is 6.07. The second kappa shape index (κ2) is 8.78. The minimum absolute atomic E-state index is 0.0254. The van der Waals surface area contributed by atoms with Gasteiger partial charge >= 0.3 is 0 Å². The summed E-state index contributed by atoms with van der Waals surface area (Å²) < 4.78 is 5.30. The smallest absolute Gasteiger partial charge is 0.255 e. The van der Waals surface area contributed by atoms with Gasteiger partial charge in [-0.15, -0.1) is 0 Å². The fourth-order valence-electron chi connectivity index (χ4n) is 4.53. The number of amides is 2. The predicted octanol–water partition coefficient (Wildman–Crippen LogP) is 3.71. The molecule has 2 aliphatic rings. The van der Waals surface area contributed by atoms with E-state index in [4.69, 9.17) is 4.74 Å². The summed E-state index contributed by atoms with van der Waals surface area (Å²) in [7, 11) is 1.62. The Labute approximate surface area is 177 Å². The Bertz CT molecular complexity index is 935. The van der Waals surface area contributed by atoms with Crippen molar-refractivity contribution in [3.63, 3.8) is 0 Å². The number of piperidine rings is 1. The van der Waals surface area contributed by atoms with Gasteiger partial charge in [0.05, 0.1) is 18.4 Å². The maximum Gasteiger partial charge on any atom is 0.255 e. The number of aryl methyl sites for hydroxylation is 1. The number of nitrogens with zero attached hydrogens (tertiary/aromatic N) is 2. The van der Waals surface area contributed by atoms with Crippen molar-refractivity contribution in [2.75, 3.05) is 37.0 Å². The first-order valence-corrected chi connectivity index (χ1v) is 10.7. The molecule has 0 unspecified atom stereocenters. The van der Waals surface area contributed by atoms with Gasteiger partial charge in [-0.2, -0.15) is 0 Å². The van der Waals surface area contributed by atoms with Crippen LogP contribution in [-0.2, 0) is 11.2 Å². The van der Waals surface area contributed by atoms with Crippen molar-refractivity contribution in [3.05, 3.63) is 53.6 Å². The van der Waals surface area contributed by atoms with Crippen molar-refractivity contribution in [2.45, 2.75) is 38.6 Å². The molecule has 158 valence electrons. The molecule has 1 fully saturated rings. The van der Waals surface area contributed by atoms with E-state index in [1.165, 1.54) is 5.56 Å². The fourth-order valence-corrected chi connectivity index (χ4v) is 4.53. The van der Waals surface area contributed by atoms with Crippen molar-refractivity contribution in [3.8, 4) is 5.75 Å². The second-order valence-corrected chi connectivity index (χ2v) is 7.86. The lowest BCUT2D eigenvalue weighted by Crippen LogP contribution is -2.50. The minimum atomic E-state index is 0.0254. The molecule has 6 heteroatoms. The highest BCUT2D eigenvalue weighted by Gasteiger charge is 2.34. The number of benzene rings is 2. The van der Waals surface area contributed by atoms with Crippen LogP contribution in [-0.4, -0.2) is 49.5 Å². The zero-order valence-corrected chi connectivity index (χ0v) is 17.7. The van der Waals surface area contributed by atoms with E-state index in [1.54, 1.807) is 7.11 Å². The number of nitrogens with one attached hydrogen (secondary N) is 1. The van der Waals surface area contributed by atoms with Gasteiger partial charge < -0.3 is 19.9 Å². The van der Waals surface area contributed by atoms with Crippen molar-refractivity contribution in [1.29, 1.82) is 0 Å². The van der Waals surface area contributed by atoms with Gasteiger partial charge in [-0.3, -0.25) is 9.59 Å². The third kappa shape index (κ3) is 3.86. The molecule has 1 saturated heterocycles. The lowest BCUT2D eigenvalue weighted by Gasteiger charge is -2.41. The van der Waals surface area contributed by atoms with E-state index >= 15 is 0 Å². The zero-order chi connectivity index (χ0) is 21.1. The number of hydrogen-bond acceptors (Lipinski definition) is 4. The molecule has 2 aromatic carbocycles. The molecule has 4 rings (SSSR count). The molecule has 2 heterocycles. The van der Waals surface area contributed by atoms with Gasteiger partial charge in [-0.1, -0.05) is 18.2 Å². The molecule has 0 bridgehead atoms. The molecule has 0 spiro atoms. The third-order valence-electron chi connectivity index (χ3n) is 6.07. The van der Waals surface area contributed by atoms with Crippen molar-refractivity contribution < 1.29 is 14.3 Å². The summed E-state index contributed by atoms with van der Waals surface area (Å²) in [6.07, 6.45) is 2.96. The SMILES string of the molecule is CCNc1cc(OC)ccc1C(=O)N1CCC(N2C(=O)CCc3ccccc32)CC1. The molecule has 0 aliphatic carbocycles. The van der Waals surface area contributed by atoms with Gasteiger partial charge in [-0.05, 0) is 49.9 Å². The standard InChI is InChI=1S/C24H29N3O3/c1-3-25-21-16-19(30-2)9-10-20(21)24(29)26-14-12-18(13-15-26)27-22-7-5-4-6-17(22)8-11-23(27)28/h4-7,9-10,16,18,25H,3,8,11-15H2,1-2H3. The molecule has 2 aliphatic heterocycles. The summed E-state index contributed by atoms with van der Waals surface area (Å²) in [6, 6.07) is 13.8. The number of anilines is 2. The number of methoxy groups -OCH3 is 1. The van der Waals surface area contributed by atoms with Crippen LogP contribution in [0.1, 0.15) is 42.1 Å². The van der Waals surface area contributed by atoms with Crippen LogP contribution in [0.2, 0.25) is 0 Å². The van der Waals surface area contributed by atoms with E-state index in [1.807, 2.05) is 53.1 Å². The average Bonchev–Trinajstić information content (AvgIpc) is 2.79. The Morgan fingerprint density at radius 3 is 2.63 bits per heavy atom. The van der Waals surface area contributed by atoms with Gasteiger partial charge in [0.1, 0.15) is 5.75 Å². The van der Waals surface area contributed by atoms with Crippen LogP contribution in [0.5, 0.6) is 5.75 Å². The van der Waals surface area contributed by atoms with Crippen LogP contribution in [0.3, 0.4) is 0 Å². The van der Waals surface area contributed by atoms with Gasteiger partial charge in [0.15, 0.2) is 0 Å². The molecule has 0 saturated carbocycles. The molecule has 30 heavy (non-hydrogen) atoms. The highest BCUT2D eigenvalue weighted by atomic mass is 16.5. The van der Waals surface area contributed by atoms with Gasteiger partial charge in [0.2, 0.25) is 5.91 Å². The van der Waals surface area contributed by atoms with Crippen molar-refractivity contribution >= 4 is 23.2 Å². The van der Waals surface area contributed by atoms with E-state index in [2.05, 4.69) is 11.4 Å². The van der Waals surface area contributed by atoms with E-state index in [-0.39, 0.29) is 17.9 Å². The molecule has 0 aromatic heterocycles. The zero-order valence-electron chi connectivity index (χ0n) is 17.7. The van der Waals surface area contributed by atoms with E-state index in [0.717, 1.165) is 42.9 Å². The summed E-state index contributed by atoms with van der Waals surface area (Å²) >= 11 is 0. The summed E-state index contributed by atoms with van der Waals surface area (Å²) in [5.41, 5.74) is 3.74. The first-order valence-electron chi connectivity index (χ1n) is 10.7. The highest BCUT2D eigenvalue weighted by Crippen LogP contribution is 2.33. The summed E-state index contributed by atoms with van der Waals surface area (Å²) in [5.74, 6) is 0.948. The Balaban J connectivity index is 1.48. The topological polar surface area (TPSA) is 61.9 Å². The average molecular weight is 408 g/mol. The number of hydrogen-bond donors (Lipinski definition) is 1. The van der Waals surface area contributed by atoms with Crippen molar-refractivity contribution in [2.24, 2.45) is 0 Å². The number of para-hydroxylation sites is 1. The predicted molar refractivity (Wildman–Crippen MR) is 118 cm³/mol. The molecule has 2 aromatic rings. The minimum Gasteiger partial charge on any atom is -0.497 e. The fraction of sp³-hybridized carbons (Fsp3) is 0.417. The Morgan fingerprint density at radius 2 is 1.90 bits per heavy atom. The van der Waals surface area contributed by atoms with Gasteiger partial charge in [-0.25, -0.2) is 0 Å². The number of fused-ring (bicyclic) bond motifs is 1. The Morgan fingerprint density at radius 1 is 1.13 bits per heavy atom. The molecule has 1 N–H and O–H groups in total. The van der Waals surface area contributed by atoms with E-state index < -0.39 is 0 Å². The highest BCUT2D eigenvalue weighted by molar-refractivity contribution is 6.00. The van der Waals surface area contributed by atoms with Crippen LogP contribution < -0.4 is 15.0 Å². The molecule has 0 radical (unpaired) electrons. The number of ether oxygens (including phenoxy) is 1. The summed E-state index contributed by atoms with van der Waals surface area (Å²) in [5, 5.41) is 3.27. The first-order chi connectivity index (χ1) is 14.6. The Kier molecular flexibility index (Phi) is 5.93. The van der Waals surface area contributed by atoms with Crippen LogP contribution >= 0.6 is 0 Å². The number of rotatable bonds is 5. The van der Waals surface area contributed by atoms with Crippen molar-refractivity contribution in [1.82, 2.24) is 4.90 Å². The molecule has 6 nitrogen and oxygen atoms in total. The maximum atomic E-state index is 13.2. The number of carbonyl (C=O) groups excluding carboxylic acids is 2. The van der Waals surface area contributed by atoms with Crippen LogP contribution in [0, 0.1) is 0 Å². The van der Waals surface area contributed by atoms with E-state index in [0.29, 0.717) is 25.1 Å². The molecular weight excluding hydrogens is 378 g/mol. The number of carbonyl (C=O) groups is 2. The lowest BCUT2D eigenvalue weighted by atomic mass is 9.95. The second-order valence-electron chi connectivity index (χ2n) is 7.86. The van der Waals surface area contributed by atoms with E-state index in [9.17, 15) is 9.59 Å². The van der Waals surface area contributed by atoms with Gasteiger partial charge in [0.25, 0.3) is 5.91 Å². The maximum absolute atomic E-state index is 13.2.